The predicted molar refractivity (Wildman–Crippen MR) is 112 cm³/mol. The van der Waals surface area contributed by atoms with Crippen molar-refractivity contribution < 1.29 is 33.0 Å². The minimum Gasteiger partial charge on any atom is -0.493 e. The summed E-state index contributed by atoms with van der Waals surface area (Å²) in [6.45, 7) is 2.13. The number of carbonyl (C=O) groups excluding carboxylic acids is 2. The second-order valence-corrected chi connectivity index (χ2v) is 6.31. The fourth-order valence-electron chi connectivity index (χ4n) is 2.93. The molecule has 31 heavy (non-hydrogen) atoms. The van der Waals surface area contributed by atoms with Crippen LogP contribution in [0.25, 0.3) is 11.0 Å². The van der Waals surface area contributed by atoms with Crippen molar-refractivity contribution in [2.75, 3.05) is 27.9 Å². The van der Waals surface area contributed by atoms with Crippen LogP contribution >= 0.6 is 0 Å². The van der Waals surface area contributed by atoms with Gasteiger partial charge in [-0.3, -0.25) is 4.79 Å². The normalized spacial score (nSPS) is 10.5. The van der Waals surface area contributed by atoms with Crippen LogP contribution in [0.2, 0.25) is 0 Å². The molecule has 0 spiro atoms. The van der Waals surface area contributed by atoms with Crippen LogP contribution in [0, 0.1) is 0 Å². The molecule has 3 aromatic rings. The molecule has 0 radical (unpaired) electrons. The summed E-state index contributed by atoms with van der Waals surface area (Å²) in [4.78, 5) is 36.7. The third kappa shape index (κ3) is 4.45. The van der Waals surface area contributed by atoms with E-state index in [-0.39, 0.29) is 22.5 Å². The predicted octanol–water partition coefficient (Wildman–Crippen LogP) is 2.79. The van der Waals surface area contributed by atoms with Gasteiger partial charge in [-0.05, 0) is 37.3 Å². The summed E-state index contributed by atoms with van der Waals surface area (Å²) in [5, 5.41) is 3.06. The van der Waals surface area contributed by atoms with Crippen LogP contribution < -0.4 is 29.9 Å². The van der Waals surface area contributed by atoms with Gasteiger partial charge >= 0.3 is 11.6 Å². The van der Waals surface area contributed by atoms with Crippen molar-refractivity contribution in [3.63, 3.8) is 0 Å². The molecule has 162 valence electrons. The number of esters is 1. The Hall–Kier alpha value is -4.01. The second kappa shape index (κ2) is 9.21. The van der Waals surface area contributed by atoms with E-state index in [1.807, 2.05) is 0 Å². The van der Waals surface area contributed by atoms with Gasteiger partial charge in [-0.15, -0.1) is 0 Å². The van der Waals surface area contributed by atoms with Crippen molar-refractivity contribution in [2.45, 2.75) is 6.92 Å². The van der Waals surface area contributed by atoms with Gasteiger partial charge in [-0.1, -0.05) is 0 Å². The van der Waals surface area contributed by atoms with Crippen molar-refractivity contribution in [2.24, 2.45) is 0 Å². The number of rotatable bonds is 7. The second-order valence-electron chi connectivity index (χ2n) is 6.31. The lowest BCUT2D eigenvalue weighted by Gasteiger charge is -2.13. The third-order valence-corrected chi connectivity index (χ3v) is 4.40. The average molecular weight is 427 g/mol. The summed E-state index contributed by atoms with van der Waals surface area (Å²) in [5.41, 5.74) is -0.543. The molecule has 3 rings (SSSR count). The van der Waals surface area contributed by atoms with Gasteiger partial charge in [-0.25, -0.2) is 9.59 Å². The molecule has 0 bridgehead atoms. The Kier molecular flexibility index (Phi) is 6.44. The largest absolute Gasteiger partial charge is 0.493 e. The Morgan fingerprint density at radius 3 is 2.23 bits per heavy atom. The summed E-state index contributed by atoms with van der Waals surface area (Å²) < 4.78 is 26.4. The first-order chi connectivity index (χ1) is 14.9. The number of carbonyl (C=O) groups is 2. The van der Waals surface area contributed by atoms with Crippen molar-refractivity contribution in [3.8, 4) is 23.0 Å². The molecule has 1 amide bonds. The zero-order chi connectivity index (χ0) is 22.5. The molecule has 0 atom stereocenters. The molecule has 9 nitrogen and oxygen atoms in total. The number of ether oxygens (including phenoxy) is 4. The first-order valence-corrected chi connectivity index (χ1v) is 9.30. The zero-order valence-corrected chi connectivity index (χ0v) is 17.4. The SMILES string of the molecule is CCNC(=O)c1cc2ccc(OC(=O)c3cc(OC)c(OC)c(OC)c3)cc2oc1=O. The van der Waals surface area contributed by atoms with E-state index in [0.717, 1.165) is 0 Å². The van der Waals surface area contributed by atoms with Crippen LogP contribution in [0.15, 0.2) is 45.6 Å². The number of methoxy groups -OCH3 is 3. The van der Waals surface area contributed by atoms with Crippen LogP contribution in [-0.4, -0.2) is 39.8 Å². The van der Waals surface area contributed by atoms with Gasteiger partial charge in [0.15, 0.2) is 11.5 Å². The van der Waals surface area contributed by atoms with Crippen molar-refractivity contribution >= 4 is 22.8 Å². The van der Waals surface area contributed by atoms with Crippen LogP contribution in [0.3, 0.4) is 0 Å². The van der Waals surface area contributed by atoms with Gasteiger partial charge in [0.1, 0.15) is 16.9 Å². The molecule has 0 saturated heterocycles. The number of nitrogens with one attached hydrogen (secondary N) is 1. The molecule has 0 aliphatic heterocycles. The molecule has 1 N–H and O–H groups in total. The molecule has 0 aliphatic rings. The number of hydrogen-bond acceptors (Lipinski definition) is 8. The van der Waals surface area contributed by atoms with E-state index >= 15 is 0 Å². The van der Waals surface area contributed by atoms with Gasteiger partial charge in [0, 0.05) is 18.0 Å². The molecule has 0 fully saturated rings. The molecule has 1 heterocycles. The standard InChI is InChI=1S/C22H21NO8/c1-5-23-20(24)15-8-12-6-7-14(11-16(12)31-22(15)26)30-21(25)13-9-17(27-2)19(29-4)18(10-13)28-3/h6-11H,5H2,1-4H3,(H,23,24). The molecule has 0 aliphatic carbocycles. The van der Waals surface area contributed by atoms with E-state index < -0.39 is 17.5 Å². The van der Waals surface area contributed by atoms with E-state index in [1.165, 1.54) is 51.7 Å². The lowest BCUT2D eigenvalue weighted by atomic mass is 10.1. The molecule has 9 heteroatoms. The summed E-state index contributed by atoms with van der Waals surface area (Å²) in [6.07, 6.45) is 0. The number of fused-ring (bicyclic) bond motifs is 1. The lowest BCUT2D eigenvalue weighted by molar-refractivity contribution is 0.0733. The number of hydrogen-bond donors (Lipinski definition) is 1. The average Bonchev–Trinajstić information content (AvgIpc) is 2.77. The third-order valence-electron chi connectivity index (χ3n) is 4.40. The molecule has 0 unspecified atom stereocenters. The Morgan fingerprint density at radius 2 is 1.65 bits per heavy atom. The summed E-state index contributed by atoms with van der Waals surface area (Å²) in [5.74, 6) is -0.0968. The topological polar surface area (TPSA) is 113 Å². The van der Waals surface area contributed by atoms with E-state index in [1.54, 1.807) is 13.0 Å². The van der Waals surface area contributed by atoms with Gasteiger partial charge in [-0.2, -0.15) is 0 Å². The van der Waals surface area contributed by atoms with Crippen LogP contribution in [0.4, 0.5) is 0 Å². The highest BCUT2D eigenvalue weighted by Gasteiger charge is 2.19. The van der Waals surface area contributed by atoms with Gasteiger partial charge in [0.2, 0.25) is 5.75 Å². The van der Waals surface area contributed by atoms with Crippen LogP contribution in [-0.2, 0) is 0 Å². The maximum absolute atomic E-state index is 12.6. The van der Waals surface area contributed by atoms with E-state index in [2.05, 4.69) is 5.32 Å². The van der Waals surface area contributed by atoms with Gasteiger partial charge in [0.05, 0.1) is 26.9 Å². The Balaban J connectivity index is 1.91. The summed E-state index contributed by atoms with van der Waals surface area (Å²) in [6, 6.07) is 8.86. The smallest absolute Gasteiger partial charge is 0.349 e. The summed E-state index contributed by atoms with van der Waals surface area (Å²) in [7, 11) is 4.33. The first-order valence-electron chi connectivity index (χ1n) is 9.30. The Morgan fingerprint density at radius 1 is 0.968 bits per heavy atom. The molecule has 2 aromatic carbocycles. The number of benzene rings is 2. The van der Waals surface area contributed by atoms with Crippen molar-refractivity contribution in [3.05, 3.63) is 57.9 Å². The highest BCUT2D eigenvalue weighted by molar-refractivity contribution is 5.97. The van der Waals surface area contributed by atoms with E-state index in [9.17, 15) is 14.4 Å². The minimum absolute atomic E-state index is 0.100. The molecular weight excluding hydrogens is 406 g/mol. The highest BCUT2D eigenvalue weighted by atomic mass is 16.5. The minimum atomic E-state index is -0.786. The van der Waals surface area contributed by atoms with E-state index in [4.69, 9.17) is 23.4 Å². The zero-order valence-electron chi connectivity index (χ0n) is 17.4. The van der Waals surface area contributed by atoms with Gasteiger partial charge < -0.3 is 28.7 Å². The highest BCUT2D eigenvalue weighted by Crippen LogP contribution is 2.38. The Bertz CT molecular complexity index is 1170. The van der Waals surface area contributed by atoms with Crippen molar-refractivity contribution in [1.29, 1.82) is 0 Å². The Labute approximate surface area is 177 Å². The maximum atomic E-state index is 12.6. The number of amides is 1. The first kappa shape index (κ1) is 21.7. The fraction of sp³-hybridized carbons (Fsp3) is 0.227. The molecular formula is C22H21NO8. The molecule has 0 saturated carbocycles. The molecule has 1 aromatic heterocycles. The lowest BCUT2D eigenvalue weighted by Crippen LogP contribution is -2.27. The van der Waals surface area contributed by atoms with Crippen LogP contribution in [0.5, 0.6) is 23.0 Å². The monoisotopic (exact) mass is 427 g/mol. The quantitative estimate of drug-likeness (QED) is 0.348. The van der Waals surface area contributed by atoms with Crippen LogP contribution in [0.1, 0.15) is 27.6 Å². The fourth-order valence-corrected chi connectivity index (χ4v) is 2.93. The summed E-state index contributed by atoms with van der Waals surface area (Å²) >= 11 is 0. The van der Waals surface area contributed by atoms with E-state index in [0.29, 0.717) is 29.2 Å². The van der Waals surface area contributed by atoms with Crippen molar-refractivity contribution in [1.82, 2.24) is 5.32 Å². The van der Waals surface area contributed by atoms with Gasteiger partial charge in [0.25, 0.3) is 5.91 Å². The maximum Gasteiger partial charge on any atom is 0.349 e.